The molecule has 2 rings (SSSR count). The molecule has 1 atom stereocenters. The van der Waals surface area contributed by atoms with Crippen LogP contribution in [0.1, 0.15) is 30.6 Å². The molecule has 0 amide bonds. The van der Waals surface area contributed by atoms with Crippen LogP contribution in [-0.2, 0) is 4.74 Å². The number of anilines is 2. The fourth-order valence-corrected chi connectivity index (χ4v) is 2.64. The van der Waals surface area contributed by atoms with Crippen LogP contribution in [0, 0.1) is 11.8 Å². The minimum Gasteiger partial charge on any atom is -0.465 e. The molecular formula is C15H22N2O2. The van der Waals surface area contributed by atoms with Crippen molar-refractivity contribution in [3.63, 3.8) is 0 Å². The van der Waals surface area contributed by atoms with Crippen molar-refractivity contribution in [1.82, 2.24) is 0 Å². The standard InChI is InChI=1S/C15H22N2O2/c1-10(2)12-6-7-17(9-12)14-5-4-11(8-13(14)16)15(18)19-3/h4-5,8,10,12H,6-7,9,16H2,1-3H3. The molecule has 0 spiro atoms. The molecule has 0 saturated carbocycles. The van der Waals surface area contributed by atoms with E-state index in [9.17, 15) is 4.79 Å². The van der Waals surface area contributed by atoms with E-state index in [2.05, 4.69) is 18.7 Å². The van der Waals surface area contributed by atoms with E-state index in [0.29, 0.717) is 17.2 Å². The predicted octanol–water partition coefficient (Wildman–Crippen LogP) is 2.54. The number of methoxy groups -OCH3 is 1. The van der Waals surface area contributed by atoms with Gasteiger partial charge in [0.05, 0.1) is 24.0 Å². The lowest BCUT2D eigenvalue weighted by Gasteiger charge is -2.22. The fraction of sp³-hybridized carbons (Fsp3) is 0.533. The monoisotopic (exact) mass is 262 g/mol. The lowest BCUT2D eigenvalue weighted by Crippen LogP contribution is -2.22. The molecule has 1 fully saturated rings. The van der Waals surface area contributed by atoms with Gasteiger partial charge in [0.2, 0.25) is 0 Å². The second kappa shape index (κ2) is 5.51. The van der Waals surface area contributed by atoms with Crippen molar-refractivity contribution in [2.24, 2.45) is 11.8 Å². The molecule has 1 aromatic rings. The first kappa shape index (κ1) is 13.7. The number of benzene rings is 1. The van der Waals surface area contributed by atoms with E-state index in [1.165, 1.54) is 13.5 Å². The summed E-state index contributed by atoms with van der Waals surface area (Å²) in [7, 11) is 1.38. The van der Waals surface area contributed by atoms with Crippen molar-refractivity contribution in [2.75, 3.05) is 30.8 Å². The highest BCUT2D eigenvalue weighted by atomic mass is 16.5. The highest BCUT2D eigenvalue weighted by molar-refractivity contribution is 5.92. The van der Waals surface area contributed by atoms with E-state index in [-0.39, 0.29) is 5.97 Å². The average Bonchev–Trinajstić information content (AvgIpc) is 2.87. The minimum atomic E-state index is -0.347. The predicted molar refractivity (Wildman–Crippen MR) is 77.4 cm³/mol. The van der Waals surface area contributed by atoms with Gasteiger partial charge in [-0.25, -0.2) is 4.79 Å². The van der Waals surface area contributed by atoms with Crippen LogP contribution in [-0.4, -0.2) is 26.2 Å². The summed E-state index contributed by atoms with van der Waals surface area (Å²) in [6.45, 7) is 6.60. The molecule has 1 saturated heterocycles. The molecule has 4 nitrogen and oxygen atoms in total. The van der Waals surface area contributed by atoms with E-state index >= 15 is 0 Å². The quantitative estimate of drug-likeness (QED) is 0.672. The number of carbonyl (C=O) groups is 1. The Morgan fingerprint density at radius 1 is 1.47 bits per heavy atom. The molecular weight excluding hydrogens is 240 g/mol. The van der Waals surface area contributed by atoms with Crippen molar-refractivity contribution in [3.05, 3.63) is 23.8 Å². The molecule has 4 heteroatoms. The zero-order valence-electron chi connectivity index (χ0n) is 11.8. The first-order chi connectivity index (χ1) is 9.02. The Hall–Kier alpha value is -1.71. The molecule has 0 aliphatic carbocycles. The van der Waals surface area contributed by atoms with E-state index in [0.717, 1.165) is 24.7 Å². The van der Waals surface area contributed by atoms with Crippen LogP contribution in [0.5, 0.6) is 0 Å². The van der Waals surface area contributed by atoms with Crippen LogP contribution >= 0.6 is 0 Å². The number of nitrogen functional groups attached to an aromatic ring is 1. The molecule has 1 unspecified atom stereocenters. The maximum atomic E-state index is 11.4. The molecule has 1 aromatic carbocycles. The number of nitrogens with two attached hydrogens (primary N) is 1. The van der Waals surface area contributed by atoms with Gasteiger partial charge in [-0.05, 0) is 36.5 Å². The van der Waals surface area contributed by atoms with Gasteiger partial charge >= 0.3 is 5.97 Å². The van der Waals surface area contributed by atoms with E-state index < -0.39 is 0 Å². The maximum Gasteiger partial charge on any atom is 0.337 e. The third-order valence-corrected chi connectivity index (χ3v) is 3.96. The van der Waals surface area contributed by atoms with Crippen molar-refractivity contribution in [1.29, 1.82) is 0 Å². The largest absolute Gasteiger partial charge is 0.465 e. The minimum absolute atomic E-state index is 0.347. The summed E-state index contributed by atoms with van der Waals surface area (Å²) >= 11 is 0. The first-order valence-electron chi connectivity index (χ1n) is 6.75. The highest BCUT2D eigenvalue weighted by Crippen LogP contribution is 2.32. The van der Waals surface area contributed by atoms with E-state index in [1.807, 2.05) is 6.07 Å². The number of carbonyl (C=O) groups excluding carboxylic acids is 1. The number of nitrogens with zero attached hydrogens (tertiary/aromatic N) is 1. The smallest absolute Gasteiger partial charge is 0.337 e. The molecule has 1 aliphatic rings. The number of hydrogen-bond acceptors (Lipinski definition) is 4. The first-order valence-corrected chi connectivity index (χ1v) is 6.75. The Kier molecular flexibility index (Phi) is 3.98. The Balaban J connectivity index is 2.16. The van der Waals surface area contributed by atoms with Crippen LogP contribution in [0.2, 0.25) is 0 Å². The molecule has 1 heterocycles. The second-order valence-electron chi connectivity index (χ2n) is 5.50. The summed E-state index contributed by atoms with van der Waals surface area (Å²) in [4.78, 5) is 13.8. The third-order valence-electron chi connectivity index (χ3n) is 3.96. The maximum absolute atomic E-state index is 11.4. The van der Waals surface area contributed by atoms with Gasteiger partial charge in [-0.15, -0.1) is 0 Å². The summed E-state index contributed by atoms with van der Waals surface area (Å²) < 4.78 is 4.70. The zero-order chi connectivity index (χ0) is 14.0. The van der Waals surface area contributed by atoms with E-state index in [4.69, 9.17) is 10.5 Å². The van der Waals surface area contributed by atoms with Crippen molar-refractivity contribution >= 4 is 17.3 Å². The molecule has 1 aliphatic heterocycles. The van der Waals surface area contributed by atoms with Gasteiger partial charge in [0.1, 0.15) is 0 Å². The van der Waals surface area contributed by atoms with Gasteiger partial charge in [0.25, 0.3) is 0 Å². The van der Waals surface area contributed by atoms with Crippen LogP contribution in [0.25, 0.3) is 0 Å². The van der Waals surface area contributed by atoms with Crippen LogP contribution in [0.4, 0.5) is 11.4 Å². The van der Waals surface area contributed by atoms with Gasteiger partial charge in [-0.1, -0.05) is 13.8 Å². The molecule has 0 radical (unpaired) electrons. The zero-order valence-corrected chi connectivity index (χ0v) is 11.8. The summed E-state index contributed by atoms with van der Waals surface area (Å²) in [5.74, 6) is 1.07. The van der Waals surface area contributed by atoms with Crippen LogP contribution < -0.4 is 10.6 Å². The normalized spacial score (nSPS) is 18.9. The van der Waals surface area contributed by atoms with Crippen molar-refractivity contribution in [3.8, 4) is 0 Å². The Morgan fingerprint density at radius 3 is 2.74 bits per heavy atom. The summed E-state index contributed by atoms with van der Waals surface area (Å²) in [6.07, 6.45) is 1.20. The van der Waals surface area contributed by atoms with Gasteiger partial charge in [0, 0.05) is 13.1 Å². The number of rotatable bonds is 3. The number of esters is 1. The van der Waals surface area contributed by atoms with Crippen LogP contribution in [0.15, 0.2) is 18.2 Å². The SMILES string of the molecule is COC(=O)c1ccc(N2CCC(C(C)C)C2)c(N)c1. The molecule has 0 aromatic heterocycles. The number of ether oxygens (including phenoxy) is 1. The third kappa shape index (κ3) is 2.83. The van der Waals surface area contributed by atoms with Gasteiger partial charge < -0.3 is 15.4 Å². The fourth-order valence-electron chi connectivity index (χ4n) is 2.64. The highest BCUT2D eigenvalue weighted by Gasteiger charge is 2.26. The lowest BCUT2D eigenvalue weighted by atomic mass is 9.95. The summed E-state index contributed by atoms with van der Waals surface area (Å²) in [6, 6.07) is 5.40. The van der Waals surface area contributed by atoms with Gasteiger partial charge in [-0.2, -0.15) is 0 Å². The Morgan fingerprint density at radius 2 is 2.21 bits per heavy atom. The molecule has 0 bridgehead atoms. The molecule has 19 heavy (non-hydrogen) atoms. The molecule has 2 N–H and O–H groups in total. The second-order valence-corrected chi connectivity index (χ2v) is 5.50. The topological polar surface area (TPSA) is 55.6 Å². The van der Waals surface area contributed by atoms with Crippen LogP contribution in [0.3, 0.4) is 0 Å². The summed E-state index contributed by atoms with van der Waals surface area (Å²) in [5.41, 5.74) is 8.24. The lowest BCUT2D eigenvalue weighted by molar-refractivity contribution is 0.0601. The van der Waals surface area contributed by atoms with Gasteiger partial charge in [-0.3, -0.25) is 0 Å². The Labute approximate surface area is 114 Å². The van der Waals surface area contributed by atoms with Crippen molar-refractivity contribution < 1.29 is 9.53 Å². The van der Waals surface area contributed by atoms with E-state index in [1.54, 1.807) is 12.1 Å². The molecule has 104 valence electrons. The Bertz CT molecular complexity index is 471. The average molecular weight is 262 g/mol. The van der Waals surface area contributed by atoms with Crippen molar-refractivity contribution in [2.45, 2.75) is 20.3 Å². The van der Waals surface area contributed by atoms with Gasteiger partial charge in [0.15, 0.2) is 0 Å². The summed E-state index contributed by atoms with van der Waals surface area (Å²) in [5, 5.41) is 0. The number of hydrogen-bond donors (Lipinski definition) is 1.